The molecule has 1 atom stereocenters. The number of nitrogens with zero attached hydrogens (tertiary/aromatic N) is 3. The first-order valence-corrected chi connectivity index (χ1v) is 8.08. The molecule has 3 heterocycles. The van der Waals surface area contributed by atoms with Crippen LogP contribution < -0.4 is 5.73 Å². The maximum absolute atomic E-state index is 12.9. The van der Waals surface area contributed by atoms with Gasteiger partial charge in [-0.2, -0.15) is 5.10 Å². The van der Waals surface area contributed by atoms with Crippen molar-refractivity contribution in [3.63, 3.8) is 0 Å². The molecule has 0 bridgehead atoms. The second-order valence-corrected chi connectivity index (χ2v) is 6.44. The van der Waals surface area contributed by atoms with Gasteiger partial charge in [0.05, 0.1) is 17.4 Å². The molecule has 0 fully saturated rings. The predicted molar refractivity (Wildman–Crippen MR) is 84.4 cm³/mol. The number of fused-ring (bicyclic) bond motifs is 1. The van der Waals surface area contributed by atoms with E-state index in [1.807, 2.05) is 11.8 Å². The van der Waals surface area contributed by atoms with E-state index in [-0.39, 0.29) is 11.9 Å². The molecule has 6 heteroatoms. The van der Waals surface area contributed by atoms with E-state index in [4.69, 9.17) is 5.73 Å². The van der Waals surface area contributed by atoms with Gasteiger partial charge in [0, 0.05) is 18.5 Å². The van der Waals surface area contributed by atoms with E-state index in [2.05, 4.69) is 23.5 Å². The van der Waals surface area contributed by atoms with E-state index in [0.717, 1.165) is 19.4 Å². The molecule has 0 aromatic carbocycles. The molecular weight excluding hydrogens is 284 g/mol. The Kier molecular flexibility index (Phi) is 3.49. The Morgan fingerprint density at radius 3 is 2.95 bits per heavy atom. The van der Waals surface area contributed by atoms with Crippen molar-refractivity contribution in [3.05, 3.63) is 33.3 Å². The Morgan fingerprint density at radius 1 is 1.57 bits per heavy atom. The van der Waals surface area contributed by atoms with Crippen molar-refractivity contribution in [2.45, 2.75) is 32.7 Å². The van der Waals surface area contributed by atoms with Crippen molar-refractivity contribution < 1.29 is 4.79 Å². The second-order valence-electron chi connectivity index (χ2n) is 5.44. The number of aryl methyl sites for hydroxylation is 2. The Morgan fingerprint density at radius 2 is 2.33 bits per heavy atom. The summed E-state index contributed by atoms with van der Waals surface area (Å²) in [6.45, 7) is 4.70. The van der Waals surface area contributed by atoms with Crippen LogP contribution in [0.1, 0.15) is 46.0 Å². The quantitative estimate of drug-likeness (QED) is 0.927. The minimum Gasteiger partial charge on any atom is -0.395 e. The number of carbonyl (C=O) groups is 1. The number of rotatable bonds is 2. The van der Waals surface area contributed by atoms with Crippen LogP contribution >= 0.6 is 11.3 Å². The van der Waals surface area contributed by atoms with Gasteiger partial charge in [0.1, 0.15) is 5.69 Å². The van der Waals surface area contributed by atoms with Gasteiger partial charge < -0.3 is 10.6 Å². The van der Waals surface area contributed by atoms with Crippen LogP contribution in [-0.4, -0.2) is 27.1 Å². The molecule has 0 saturated heterocycles. The molecule has 0 aliphatic carbocycles. The third kappa shape index (κ3) is 2.14. The van der Waals surface area contributed by atoms with Crippen LogP contribution in [0.15, 0.2) is 11.4 Å². The summed E-state index contributed by atoms with van der Waals surface area (Å²) in [5.41, 5.74) is 9.04. The number of amides is 1. The van der Waals surface area contributed by atoms with Crippen molar-refractivity contribution in [3.8, 4) is 0 Å². The normalized spacial score (nSPS) is 17.9. The summed E-state index contributed by atoms with van der Waals surface area (Å²) in [5, 5.41) is 6.37. The van der Waals surface area contributed by atoms with Crippen LogP contribution in [-0.2, 0) is 13.5 Å². The summed E-state index contributed by atoms with van der Waals surface area (Å²) < 4.78 is 1.60. The highest BCUT2D eigenvalue weighted by molar-refractivity contribution is 7.10. The molecule has 112 valence electrons. The average Bonchev–Trinajstić information content (AvgIpc) is 3.02. The Hall–Kier alpha value is -1.82. The first-order valence-electron chi connectivity index (χ1n) is 7.20. The average molecular weight is 304 g/mol. The SMILES string of the molecule is CCC1c2ccsc2CCN1C(=O)c1c(N)c(C)nn1C. The minimum absolute atomic E-state index is 0.0145. The lowest BCUT2D eigenvalue weighted by Gasteiger charge is -2.35. The summed E-state index contributed by atoms with van der Waals surface area (Å²) in [6.07, 6.45) is 1.83. The lowest BCUT2D eigenvalue weighted by Crippen LogP contribution is -2.40. The van der Waals surface area contributed by atoms with E-state index in [0.29, 0.717) is 17.1 Å². The van der Waals surface area contributed by atoms with Gasteiger partial charge in [0.25, 0.3) is 5.91 Å². The van der Waals surface area contributed by atoms with Gasteiger partial charge in [0.2, 0.25) is 0 Å². The first kappa shape index (κ1) is 14.1. The topological polar surface area (TPSA) is 64.2 Å². The molecule has 2 aromatic rings. The number of aromatic nitrogens is 2. The Balaban J connectivity index is 1.98. The molecule has 1 aliphatic heterocycles. The lowest BCUT2D eigenvalue weighted by molar-refractivity contribution is 0.0647. The molecule has 0 saturated carbocycles. The second kappa shape index (κ2) is 5.18. The van der Waals surface area contributed by atoms with Gasteiger partial charge in [-0.15, -0.1) is 11.3 Å². The van der Waals surface area contributed by atoms with E-state index < -0.39 is 0 Å². The summed E-state index contributed by atoms with van der Waals surface area (Å²) in [7, 11) is 1.78. The molecule has 3 rings (SSSR count). The molecular formula is C15H20N4OS. The highest BCUT2D eigenvalue weighted by Gasteiger charge is 2.33. The molecule has 2 aromatic heterocycles. The molecule has 1 unspecified atom stereocenters. The lowest BCUT2D eigenvalue weighted by atomic mass is 9.97. The van der Waals surface area contributed by atoms with E-state index in [1.165, 1.54) is 10.4 Å². The first-order chi connectivity index (χ1) is 10.0. The summed E-state index contributed by atoms with van der Waals surface area (Å²) in [4.78, 5) is 16.3. The highest BCUT2D eigenvalue weighted by atomic mass is 32.1. The molecule has 1 aliphatic rings. The van der Waals surface area contributed by atoms with Crippen molar-refractivity contribution in [1.29, 1.82) is 0 Å². The van der Waals surface area contributed by atoms with E-state index in [9.17, 15) is 4.79 Å². The largest absolute Gasteiger partial charge is 0.395 e. The van der Waals surface area contributed by atoms with Crippen molar-refractivity contribution in [2.24, 2.45) is 7.05 Å². The number of hydrogen-bond acceptors (Lipinski definition) is 4. The third-order valence-electron chi connectivity index (χ3n) is 4.21. The smallest absolute Gasteiger partial charge is 0.274 e. The molecule has 5 nitrogen and oxygen atoms in total. The van der Waals surface area contributed by atoms with Gasteiger partial charge in [-0.25, -0.2) is 0 Å². The Bertz CT molecular complexity index is 688. The van der Waals surface area contributed by atoms with E-state index in [1.54, 1.807) is 23.1 Å². The number of thiophene rings is 1. The molecule has 0 radical (unpaired) electrons. The van der Waals surface area contributed by atoms with Gasteiger partial charge in [0.15, 0.2) is 0 Å². The zero-order chi connectivity index (χ0) is 15.1. The van der Waals surface area contributed by atoms with Crippen LogP contribution in [0, 0.1) is 6.92 Å². The van der Waals surface area contributed by atoms with Gasteiger partial charge >= 0.3 is 0 Å². The highest BCUT2D eigenvalue weighted by Crippen LogP contribution is 2.36. The zero-order valence-electron chi connectivity index (χ0n) is 12.6. The molecule has 2 N–H and O–H groups in total. The fourth-order valence-corrected chi connectivity index (χ4v) is 4.07. The predicted octanol–water partition coefficient (Wildman–Crippen LogP) is 2.52. The number of anilines is 1. The van der Waals surface area contributed by atoms with E-state index >= 15 is 0 Å². The van der Waals surface area contributed by atoms with Crippen molar-refractivity contribution in [2.75, 3.05) is 12.3 Å². The van der Waals surface area contributed by atoms with Crippen molar-refractivity contribution in [1.82, 2.24) is 14.7 Å². The monoisotopic (exact) mass is 304 g/mol. The standard InChI is InChI=1S/C15H20N4OS/c1-4-11-10-6-8-21-12(10)5-7-19(11)15(20)14-13(16)9(2)17-18(14)3/h6,8,11H,4-5,7,16H2,1-3H3. The number of hydrogen-bond donors (Lipinski definition) is 1. The maximum Gasteiger partial charge on any atom is 0.274 e. The van der Waals surface area contributed by atoms with Gasteiger partial charge in [-0.05, 0) is 36.8 Å². The van der Waals surface area contributed by atoms with Crippen LogP contribution in [0.2, 0.25) is 0 Å². The number of nitrogens with two attached hydrogens (primary N) is 1. The minimum atomic E-state index is -0.0145. The van der Waals surface area contributed by atoms with Crippen LogP contribution in [0.3, 0.4) is 0 Å². The fourth-order valence-electron chi connectivity index (χ4n) is 3.14. The third-order valence-corrected chi connectivity index (χ3v) is 5.21. The summed E-state index contributed by atoms with van der Waals surface area (Å²) in [6, 6.07) is 2.29. The van der Waals surface area contributed by atoms with Crippen LogP contribution in [0.25, 0.3) is 0 Å². The Labute approximate surface area is 128 Å². The van der Waals surface area contributed by atoms with Crippen LogP contribution in [0.5, 0.6) is 0 Å². The number of nitrogen functional groups attached to an aromatic ring is 1. The number of carbonyl (C=O) groups excluding carboxylic acids is 1. The van der Waals surface area contributed by atoms with Crippen molar-refractivity contribution >= 4 is 22.9 Å². The molecule has 0 spiro atoms. The summed E-state index contributed by atoms with van der Waals surface area (Å²) >= 11 is 1.78. The molecule has 21 heavy (non-hydrogen) atoms. The van der Waals surface area contributed by atoms with Gasteiger partial charge in [-0.3, -0.25) is 9.48 Å². The van der Waals surface area contributed by atoms with Gasteiger partial charge in [-0.1, -0.05) is 6.92 Å². The molecule has 1 amide bonds. The van der Waals surface area contributed by atoms with Crippen LogP contribution in [0.4, 0.5) is 5.69 Å². The maximum atomic E-state index is 12.9. The zero-order valence-corrected chi connectivity index (χ0v) is 13.4. The fraction of sp³-hybridized carbons (Fsp3) is 0.467. The summed E-state index contributed by atoms with van der Waals surface area (Å²) in [5.74, 6) is -0.0145.